The maximum Gasteiger partial charge on any atom is 0.174 e. The normalized spacial score (nSPS) is 15.9. The zero-order chi connectivity index (χ0) is 22.7. The number of carbonyl (C=O) groups excluding carboxylic acids is 1. The predicted molar refractivity (Wildman–Crippen MR) is 121 cm³/mol. The third kappa shape index (κ3) is 5.10. The number of phenols is 3. The number of Topliss-reactive ketones (excluding diaryl/α,β-unsaturated/α-hetero) is 1. The highest BCUT2D eigenvalue weighted by Gasteiger charge is 2.32. The fraction of sp³-hybridized carbons (Fsp3) is 0.346. The monoisotopic (exact) mass is 422 g/mol. The summed E-state index contributed by atoms with van der Waals surface area (Å²) in [5, 5.41) is 31.0. The van der Waals surface area contributed by atoms with E-state index in [0.717, 1.165) is 24.0 Å². The van der Waals surface area contributed by atoms with Crippen LogP contribution in [-0.4, -0.2) is 21.1 Å². The van der Waals surface area contributed by atoms with Crippen molar-refractivity contribution in [2.24, 2.45) is 0 Å². The average molecular weight is 423 g/mol. The lowest BCUT2D eigenvalue weighted by Crippen LogP contribution is -2.21. The Bertz CT molecular complexity index is 1060. The molecule has 0 aliphatic carbocycles. The number of aromatic hydroxyl groups is 3. The van der Waals surface area contributed by atoms with Gasteiger partial charge in [-0.2, -0.15) is 0 Å². The average Bonchev–Trinajstić information content (AvgIpc) is 2.68. The summed E-state index contributed by atoms with van der Waals surface area (Å²) >= 11 is 0. The van der Waals surface area contributed by atoms with Gasteiger partial charge in [-0.1, -0.05) is 29.4 Å². The van der Waals surface area contributed by atoms with Crippen LogP contribution >= 0.6 is 0 Å². The van der Waals surface area contributed by atoms with Gasteiger partial charge in [0.05, 0.1) is 6.42 Å². The first-order valence-electron chi connectivity index (χ1n) is 10.5. The van der Waals surface area contributed by atoms with Gasteiger partial charge in [-0.15, -0.1) is 0 Å². The number of aryl methyl sites for hydroxylation is 1. The molecule has 0 fully saturated rings. The van der Waals surface area contributed by atoms with E-state index in [2.05, 4.69) is 19.9 Å². The number of hydrogen-bond donors (Lipinski definition) is 3. The highest BCUT2D eigenvalue weighted by Crippen LogP contribution is 2.45. The fourth-order valence-corrected chi connectivity index (χ4v) is 3.73. The molecule has 0 saturated carbocycles. The Morgan fingerprint density at radius 3 is 2.52 bits per heavy atom. The molecule has 0 spiro atoms. The van der Waals surface area contributed by atoms with Gasteiger partial charge in [-0.25, -0.2) is 0 Å². The molecule has 0 bridgehead atoms. The molecule has 5 heteroatoms. The van der Waals surface area contributed by atoms with Crippen molar-refractivity contribution in [3.63, 3.8) is 0 Å². The molecule has 5 nitrogen and oxygen atoms in total. The first kappa shape index (κ1) is 22.5. The first-order valence-corrected chi connectivity index (χ1v) is 10.5. The van der Waals surface area contributed by atoms with Crippen LogP contribution in [0.15, 0.2) is 47.6 Å². The van der Waals surface area contributed by atoms with Gasteiger partial charge in [-0.05, 0) is 70.2 Å². The first-order chi connectivity index (χ1) is 14.7. The molecule has 0 aromatic heterocycles. The van der Waals surface area contributed by atoms with E-state index in [1.54, 1.807) is 25.1 Å². The van der Waals surface area contributed by atoms with E-state index < -0.39 is 6.10 Å². The highest BCUT2D eigenvalue weighted by atomic mass is 16.5. The van der Waals surface area contributed by atoms with Crippen LogP contribution in [0.2, 0.25) is 0 Å². The van der Waals surface area contributed by atoms with Crippen molar-refractivity contribution in [3.05, 3.63) is 69.8 Å². The molecule has 3 rings (SSSR count). The summed E-state index contributed by atoms with van der Waals surface area (Å²) < 4.78 is 5.96. The van der Waals surface area contributed by atoms with Crippen molar-refractivity contribution in [1.82, 2.24) is 0 Å². The van der Waals surface area contributed by atoms with Crippen molar-refractivity contribution in [1.29, 1.82) is 0 Å². The second kappa shape index (κ2) is 9.29. The predicted octanol–water partition coefficient (Wildman–Crippen LogP) is 6.05. The second-order valence-electron chi connectivity index (χ2n) is 8.45. The van der Waals surface area contributed by atoms with Crippen LogP contribution in [0.25, 0.3) is 0 Å². The van der Waals surface area contributed by atoms with E-state index in [1.807, 2.05) is 13.0 Å². The van der Waals surface area contributed by atoms with Crippen LogP contribution in [0.4, 0.5) is 0 Å². The van der Waals surface area contributed by atoms with Crippen LogP contribution in [0.3, 0.4) is 0 Å². The maximum atomic E-state index is 12.9. The molecule has 1 aliphatic heterocycles. The topological polar surface area (TPSA) is 87.0 Å². The van der Waals surface area contributed by atoms with E-state index in [-0.39, 0.29) is 40.8 Å². The van der Waals surface area contributed by atoms with Crippen molar-refractivity contribution in [2.45, 2.75) is 59.5 Å². The molecular formula is C26H30O5. The second-order valence-corrected chi connectivity index (χ2v) is 8.45. The lowest BCUT2D eigenvalue weighted by atomic mass is 9.92. The number of ether oxygens (including phenoxy) is 1. The number of rotatable bonds is 6. The van der Waals surface area contributed by atoms with Crippen LogP contribution in [0.5, 0.6) is 23.0 Å². The van der Waals surface area contributed by atoms with Gasteiger partial charge >= 0.3 is 0 Å². The molecular weight excluding hydrogens is 392 g/mol. The van der Waals surface area contributed by atoms with Crippen molar-refractivity contribution in [3.8, 4) is 23.0 Å². The number of allylic oxidation sites excluding steroid dienone is 4. The number of benzene rings is 2. The number of hydrogen-bond acceptors (Lipinski definition) is 5. The third-order valence-electron chi connectivity index (χ3n) is 5.60. The Balaban J connectivity index is 1.84. The van der Waals surface area contributed by atoms with Crippen molar-refractivity contribution in [2.75, 3.05) is 0 Å². The van der Waals surface area contributed by atoms with E-state index >= 15 is 0 Å². The van der Waals surface area contributed by atoms with Gasteiger partial charge in [0.25, 0.3) is 0 Å². The zero-order valence-electron chi connectivity index (χ0n) is 18.5. The van der Waals surface area contributed by atoms with Gasteiger partial charge in [0.1, 0.15) is 34.7 Å². The Kier molecular flexibility index (Phi) is 6.74. The summed E-state index contributed by atoms with van der Waals surface area (Å²) in [4.78, 5) is 12.9. The molecule has 1 atom stereocenters. The minimum Gasteiger partial charge on any atom is -0.508 e. The number of carbonyl (C=O) groups is 1. The Morgan fingerprint density at radius 2 is 1.84 bits per heavy atom. The minimum absolute atomic E-state index is 0.0760. The van der Waals surface area contributed by atoms with Crippen molar-refractivity contribution < 1.29 is 24.9 Å². The number of fused-ring (bicyclic) bond motifs is 1. The van der Waals surface area contributed by atoms with Crippen LogP contribution in [0.1, 0.15) is 73.2 Å². The van der Waals surface area contributed by atoms with E-state index in [9.17, 15) is 20.1 Å². The molecule has 31 heavy (non-hydrogen) atoms. The fourth-order valence-electron chi connectivity index (χ4n) is 3.73. The standard InChI is InChI=1S/C26H30O5/c1-15(2)6-5-7-16(3)8-10-19-21(28)13-24-25(26(19)30)22(29)14-23(31-24)18-9-11-20(27)17(4)12-18/h6,8-9,11-13,23,27-28,30H,5,7,10,14H2,1-4H3/b16-8+. The molecule has 0 saturated heterocycles. The van der Waals surface area contributed by atoms with E-state index in [4.69, 9.17) is 4.74 Å². The summed E-state index contributed by atoms with van der Waals surface area (Å²) in [6.07, 6.45) is 5.85. The van der Waals surface area contributed by atoms with Gasteiger partial charge in [0, 0.05) is 11.6 Å². The zero-order valence-corrected chi connectivity index (χ0v) is 18.5. The summed E-state index contributed by atoms with van der Waals surface area (Å²) in [5.74, 6) is -0.195. The summed E-state index contributed by atoms with van der Waals surface area (Å²) in [6, 6.07) is 6.46. The molecule has 0 radical (unpaired) electrons. The van der Waals surface area contributed by atoms with Gasteiger partial charge < -0.3 is 20.1 Å². The SMILES string of the molecule is CC(C)=CCC/C(C)=C/Cc1c(O)cc2c(c1O)C(=O)CC(c1ccc(O)c(C)c1)O2. The molecule has 2 aromatic rings. The molecule has 3 N–H and O–H groups in total. The maximum absolute atomic E-state index is 12.9. The van der Waals surface area contributed by atoms with E-state index in [0.29, 0.717) is 17.5 Å². The van der Waals surface area contributed by atoms with Gasteiger partial charge in [0.2, 0.25) is 0 Å². The minimum atomic E-state index is -0.541. The summed E-state index contributed by atoms with van der Waals surface area (Å²) in [5.41, 5.74) is 4.32. The number of phenolic OH excluding ortho intramolecular Hbond substituents is 3. The van der Waals surface area contributed by atoms with Crippen LogP contribution < -0.4 is 4.74 Å². The lowest BCUT2D eigenvalue weighted by molar-refractivity contribution is 0.0844. The van der Waals surface area contributed by atoms with E-state index in [1.165, 1.54) is 11.6 Å². The molecule has 2 aromatic carbocycles. The summed E-state index contributed by atoms with van der Waals surface area (Å²) in [6.45, 7) is 7.92. The van der Waals surface area contributed by atoms with Crippen LogP contribution in [0, 0.1) is 6.92 Å². The lowest BCUT2D eigenvalue weighted by Gasteiger charge is -2.27. The molecule has 0 amide bonds. The van der Waals surface area contributed by atoms with Crippen LogP contribution in [-0.2, 0) is 6.42 Å². The third-order valence-corrected chi connectivity index (χ3v) is 5.60. The van der Waals surface area contributed by atoms with Gasteiger partial charge in [-0.3, -0.25) is 4.79 Å². The van der Waals surface area contributed by atoms with Gasteiger partial charge in [0.15, 0.2) is 5.78 Å². The Hall–Kier alpha value is -3.21. The molecule has 1 heterocycles. The molecule has 164 valence electrons. The smallest absolute Gasteiger partial charge is 0.174 e. The quantitative estimate of drug-likeness (QED) is 0.493. The molecule has 1 unspecified atom stereocenters. The molecule has 1 aliphatic rings. The number of ketones is 1. The highest BCUT2D eigenvalue weighted by molar-refractivity contribution is 6.03. The van der Waals surface area contributed by atoms with Crippen molar-refractivity contribution >= 4 is 5.78 Å². The Labute approximate surface area is 183 Å². The Morgan fingerprint density at radius 1 is 1.10 bits per heavy atom. The largest absolute Gasteiger partial charge is 0.508 e. The summed E-state index contributed by atoms with van der Waals surface area (Å²) in [7, 11) is 0.